The molecule has 3 nitrogen and oxygen atoms in total. The molecule has 0 saturated heterocycles. The van der Waals surface area contributed by atoms with Gasteiger partial charge in [-0.1, -0.05) is 47.6 Å². The van der Waals surface area contributed by atoms with Gasteiger partial charge in [0.05, 0.1) is 4.47 Å². The third-order valence-electron chi connectivity index (χ3n) is 3.12. The maximum absolute atomic E-state index is 11.8. The van der Waals surface area contributed by atoms with Crippen molar-refractivity contribution in [3.05, 3.63) is 28.2 Å². The Morgan fingerprint density at radius 2 is 1.87 bits per heavy atom. The minimum atomic E-state index is -0.0914. The van der Waals surface area contributed by atoms with E-state index in [1.807, 2.05) is 30.0 Å². The van der Waals surface area contributed by atoms with Gasteiger partial charge in [0.1, 0.15) is 5.75 Å². The van der Waals surface area contributed by atoms with Gasteiger partial charge in [0.25, 0.3) is 5.91 Å². The summed E-state index contributed by atoms with van der Waals surface area (Å²) in [5, 5.41) is 2.88. The van der Waals surface area contributed by atoms with E-state index in [0.29, 0.717) is 12.3 Å². The fraction of sp³-hybridized carbons (Fsp3) is 0.611. The lowest BCUT2D eigenvalue weighted by Crippen LogP contribution is -2.31. The Labute approximate surface area is 153 Å². The summed E-state index contributed by atoms with van der Waals surface area (Å²) in [6.45, 7) is 13.7. The molecule has 0 heterocycles. The van der Waals surface area contributed by atoms with Crippen LogP contribution in [0.5, 0.6) is 5.75 Å². The Hall–Kier alpha value is -0.680. The zero-order chi connectivity index (χ0) is 17.7. The molecule has 0 radical (unpaired) electrons. The van der Waals surface area contributed by atoms with E-state index in [0.717, 1.165) is 10.2 Å². The van der Waals surface area contributed by atoms with Crippen molar-refractivity contribution in [2.45, 2.75) is 51.7 Å². The second kappa shape index (κ2) is 8.43. The van der Waals surface area contributed by atoms with Crippen LogP contribution in [0.4, 0.5) is 0 Å². The largest absolute Gasteiger partial charge is 0.483 e. The molecule has 0 bridgehead atoms. The first-order valence-corrected chi connectivity index (χ1v) is 9.60. The van der Waals surface area contributed by atoms with Crippen LogP contribution in [0.2, 0.25) is 0 Å². The molecule has 1 N–H and O–H groups in total. The number of thioether (sulfide) groups is 1. The molecule has 0 atom stereocenters. The van der Waals surface area contributed by atoms with Gasteiger partial charge in [-0.2, -0.15) is 11.8 Å². The number of halogens is 1. The highest BCUT2D eigenvalue weighted by Gasteiger charge is 2.15. The molecule has 0 aliphatic rings. The standard InChI is InChI=1S/C18H28BrNO2S/c1-17(2,3)13-7-8-15(14(19)11-13)22-12-16(21)20-9-10-23-18(4,5)6/h7-8,11H,9-10,12H2,1-6H3,(H,20,21). The number of hydrogen-bond donors (Lipinski definition) is 1. The predicted molar refractivity (Wildman–Crippen MR) is 104 cm³/mol. The van der Waals surface area contributed by atoms with E-state index in [4.69, 9.17) is 4.74 Å². The van der Waals surface area contributed by atoms with Gasteiger partial charge < -0.3 is 10.1 Å². The van der Waals surface area contributed by atoms with Gasteiger partial charge in [0.15, 0.2) is 6.61 Å². The molecule has 0 unspecified atom stereocenters. The van der Waals surface area contributed by atoms with Crippen molar-refractivity contribution in [1.29, 1.82) is 0 Å². The first-order chi connectivity index (χ1) is 10.5. The number of nitrogens with one attached hydrogen (secondary N) is 1. The molecule has 23 heavy (non-hydrogen) atoms. The molecular formula is C18H28BrNO2S. The van der Waals surface area contributed by atoms with E-state index in [1.165, 1.54) is 5.56 Å². The number of ether oxygens (including phenoxy) is 1. The highest BCUT2D eigenvalue weighted by molar-refractivity contribution is 9.10. The highest BCUT2D eigenvalue weighted by Crippen LogP contribution is 2.31. The number of carbonyl (C=O) groups excluding carboxylic acids is 1. The topological polar surface area (TPSA) is 38.3 Å². The fourth-order valence-corrected chi connectivity index (χ4v) is 3.14. The molecule has 1 aromatic carbocycles. The minimum Gasteiger partial charge on any atom is -0.483 e. The molecule has 0 aliphatic carbocycles. The lowest BCUT2D eigenvalue weighted by Gasteiger charge is -2.20. The zero-order valence-corrected chi connectivity index (χ0v) is 17.4. The summed E-state index contributed by atoms with van der Waals surface area (Å²) in [4.78, 5) is 11.8. The lowest BCUT2D eigenvalue weighted by molar-refractivity contribution is -0.122. The molecule has 0 spiro atoms. The van der Waals surface area contributed by atoms with Crippen molar-refractivity contribution in [2.75, 3.05) is 18.9 Å². The molecule has 1 rings (SSSR count). The average molecular weight is 402 g/mol. The molecule has 0 saturated carbocycles. The molecule has 1 aromatic rings. The summed E-state index contributed by atoms with van der Waals surface area (Å²) in [7, 11) is 0. The number of rotatable bonds is 6. The number of hydrogen-bond acceptors (Lipinski definition) is 3. The summed E-state index contributed by atoms with van der Waals surface area (Å²) in [6, 6.07) is 6.00. The zero-order valence-electron chi connectivity index (χ0n) is 15.0. The minimum absolute atomic E-state index is 0.0354. The van der Waals surface area contributed by atoms with E-state index in [1.54, 1.807) is 0 Å². The van der Waals surface area contributed by atoms with E-state index in [2.05, 4.69) is 62.8 Å². The second-order valence-corrected chi connectivity index (χ2v) is 10.3. The number of amides is 1. The Balaban J connectivity index is 2.42. The van der Waals surface area contributed by atoms with Crippen molar-refractivity contribution in [3.8, 4) is 5.75 Å². The van der Waals surface area contributed by atoms with E-state index in [9.17, 15) is 4.79 Å². The van der Waals surface area contributed by atoms with E-state index >= 15 is 0 Å². The van der Waals surface area contributed by atoms with Crippen LogP contribution in [0.3, 0.4) is 0 Å². The van der Waals surface area contributed by atoms with Crippen LogP contribution >= 0.6 is 27.7 Å². The van der Waals surface area contributed by atoms with Gasteiger partial charge in [-0.3, -0.25) is 4.79 Å². The van der Waals surface area contributed by atoms with Crippen LogP contribution < -0.4 is 10.1 Å². The smallest absolute Gasteiger partial charge is 0.257 e. The predicted octanol–water partition coefficient (Wildman–Crippen LogP) is 4.77. The van der Waals surface area contributed by atoms with Crippen LogP contribution in [0.1, 0.15) is 47.1 Å². The van der Waals surface area contributed by atoms with Crippen LogP contribution in [0, 0.1) is 0 Å². The molecule has 0 aliphatic heterocycles. The van der Waals surface area contributed by atoms with Crippen molar-refractivity contribution < 1.29 is 9.53 Å². The lowest BCUT2D eigenvalue weighted by atomic mass is 9.87. The first-order valence-electron chi connectivity index (χ1n) is 7.82. The Morgan fingerprint density at radius 1 is 1.22 bits per heavy atom. The van der Waals surface area contributed by atoms with Crippen LogP contribution in [0.15, 0.2) is 22.7 Å². The van der Waals surface area contributed by atoms with Crippen LogP contribution in [0.25, 0.3) is 0 Å². The van der Waals surface area contributed by atoms with Crippen molar-refractivity contribution in [3.63, 3.8) is 0 Å². The second-order valence-electron chi connectivity index (χ2n) is 7.49. The van der Waals surface area contributed by atoms with Gasteiger partial charge in [0.2, 0.25) is 0 Å². The maximum Gasteiger partial charge on any atom is 0.257 e. The Morgan fingerprint density at radius 3 is 2.39 bits per heavy atom. The highest BCUT2D eigenvalue weighted by atomic mass is 79.9. The quantitative estimate of drug-likeness (QED) is 0.697. The SMILES string of the molecule is CC(C)(C)SCCNC(=O)COc1ccc(C(C)(C)C)cc1Br. The third-order valence-corrected chi connectivity index (χ3v) is 5.01. The van der Waals surface area contributed by atoms with Gasteiger partial charge in [-0.25, -0.2) is 0 Å². The summed E-state index contributed by atoms with van der Waals surface area (Å²) in [5.74, 6) is 1.50. The van der Waals surface area contributed by atoms with Crippen molar-refractivity contribution in [2.24, 2.45) is 0 Å². The number of carbonyl (C=O) groups is 1. The molecular weight excluding hydrogens is 374 g/mol. The molecule has 0 fully saturated rings. The summed E-state index contributed by atoms with van der Waals surface area (Å²) >= 11 is 5.35. The van der Waals surface area contributed by atoms with Gasteiger partial charge >= 0.3 is 0 Å². The molecule has 1 amide bonds. The third kappa shape index (κ3) is 8.11. The van der Waals surface area contributed by atoms with Gasteiger partial charge in [-0.15, -0.1) is 0 Å². The average Bonchev–Trinajstić information content (AvgIpc) is 2.40. The van der Waals surface area contributed by atoms with Gasteiger partial charge in [0, 0.05) is 17.0 Å². The monoisotopic (exact) mass is 401 g/mol. The normalized spacial score (nSPS) is 12.1. The first kappa shape index (κ1) is 20.4. The van der Waals surface area contributed by atoms with E-state index < -0.39 is 0 Å². The summed E-state index contributed by atoms with van der Waals surface area (Å²) in [6.07, 6.45) is 0. The van der Waals surface area contributed by atoms with Crippen molar-refractivity contribution >= 4 is 33.6 Å². The molecule has 0 aromatic heterocycles. The van der Waals surface area contributed by atoms with Gasteiger partial charge in [-0.05, 0) is 39.0 Å². The summed E-state index contributed by atoms with van der Waals surface area (Å²) in [5.41, 5.74) is 1.31. The Kier molecular flexibility index (Phi) is 7.46. The van der Waals surface area contributed by atoms with Crippen LogP contribution in [-0.4, -0.2) is 29.6 Å². The summed E-state index contributed by atoms with van der Waals surface area (Å²) < 4.78 is 6.70. The maximum atomic E-state index is 11.8. The molecule has 130 valence electrons. The fourth-order valence-electron chi connectivity index (χ4n) is 1.83. The van der Waals surface area contributed by atoms with Crippen LogP contribution in [-0.2, 0) is 10.2 Å². The van der Waals surface area contributed by atoms with Crippen molar-refractivity contribution in [1.82, 2.24) is 5.32 Å². The number of benzene rings is 1. The van der Waals surface area contributed by atoms with E-state index in [-0.39, 0.29) is 22.7 Å². The Bertz CT molecular complexity index is 533. The molecule has 5 heteroatoms.